The molecule has 0 bridgehead atoms. The van der Waals surface area contributed by atoms with Crippen molar-refractivity contribution in [2.24, 2.45) is 0 Å². The van der Waals surface area contributed by atoms with Crippen molar-refractivity contribution < 1.29 is 9.15 Å². The molecule has 0 atom stereocenters. The molecule has 3 rings (SSSR count). The molecule has 1 fully saturated rings. The van der Waals surface area contributed by atoms with Crippen molar-refractivity contribution in [3.05, 3.63) is 42.1 Å². The van der Waals surface area contributed by atoms with Crippen molar-refractivity contribution in [1.29, 1.82) is 0 Å². The number of likely N-dealkylation sites (tertiary alicyclic amines) is 1. The number of aromatic nitrogens is 2. The highest BCUT2D eigenvalue weighted by Gasteiger charge is 2.13. The number of para-hydroxylation sites is 1. The summed E-state index contributed by atoms with van der Waals surface area (Å²) in [6.07, 6.45) is 5.18. The molecule has 5 heteroatoms. The molecule has 1 aliphatic rings. The minimum Gasteiger partial charge on any atom is -0.484 e. The van der Waals surface area contributed by atoms with Crippen molar-refractivity contribution >= 4 is 0 Å². The van der Waals surface area contributed by atoms with Gasteiger partial charge in [-0.25, -0.2) is 0 Å². The third-order valence-corrected chi connectivity index (χ3v) is 3.67. The Morgan fingerprint density at radius 1 is 0.952 bits per heavy atom. The first kappa shape index (κ1) is 14.1. The Labute approximate surface area is 124 Å². The molecule has 1 aliphatic heterocycles. The Balaban J connectivity index is 1.51. The van der Waals surface area contributed by atoms with Crippen molar-refractivity contribution in [3.63, 3.8) is 0 Å². The summed E-state index contributed by atoms with van der Waals surface area (Å²) in [7, 11) is 0. The molecule has 0 spiro atoms. The number of nitrogens with zero attached hydrogens (tertiary/aromatic N) is 3. The predicted octanol–water partition coefficient (Wildman–Crippen LogP) is 3.02. The zero-order valence-corrected chi connectivity index (χ0v) is 12.2. The van der Waals surface area contributed by atoms with Gasteiger partial charge in [-0.3, -0.25) is 4.90 Å². The summed E-state index contributed by atoms with van der Waals surface area (Å²) < 4.78 is 11.3. The van der Waals surface area contributed by atoms with E-state index in [4.69, 9.17) is 9.15 Å². The molecule has 112 valence electrons. The first-order chi connectivity index (χ1) is 10.4. The molecule has 2 heterocycles. The Morgan fingerprint density at radius 3 is 2.43 bits per heavy atom. The Bertz CT molecular complexity index is 533. The van der Waals surface area contributed by atoms with Gasteiger partial charge in [0.25, 0.3) is 5.89 Å². The molecule has 0 N–H and O–H groups in total. The van der Waals surface area contributed by atoms with Crippen molar-refractivity contribution in [2.75, 3.05) is 13.1 Å². The van der Waals surface area contributed by atoms with E-state index in [0.717, 1.165) is 25.4 Å². The summed E-state index contributed by atoms with van der Waals surface area (Å²) in [4.78, 5) is 2.39. The van der Waals surface area contributed by atoms with Gasteiger partial charge in [-0.1, -0.05) is 31.0 Å². The molecule has 1 aromatic carbocycles. The zero-order valence-electron chi connectivity index (χ0n) is 12.2. The van der Waals surface area contributed by atoms with Crippen molar-refractivity contribution in [3.8, 4) is 5.75 Å². The second kappa shape index (κ2) is 7.22. The van der Waals surface area contributed by atoms with Gasteiger partial charge < -0.3 is 9.15 Å². The summed E-state index contributed by atoms with van der Waals surface area (Å²) in [6.45, 7) is 3.31. The fourth-order valence-corrected chi connectivity index (χ4v) is 2.56. The maximum atomic E-state index is 5.66. The molecule has 0 saturated carbocycles. The third-order valence-electron chi connectivity index (χ3n) is 3.67. The molecule has 0 unspecified atom stereocenters. The van der Waals surface area contributed by atoms with E-state index in [-0.39, 0.29) is 0 Å². The summed E-state index contributed by atoms with van der Waals surface area (Å²) >= 11 is 0. The minimum absolute atomic E-state index is 0.316. The van der Waals surface area contributed by atoms with E-state index >= 15 is 0 Å². The molecule has 2 aromatic rings. The number of hydrogen-bond acceptors (Lipinski definition) is 5. The second-order valence-electron chi connectivity index (χ2n) is 5.38. The second-order valence-corrected chi connectivity index (χ2v) is 5.38. The van der Waals surface area contributed by atoms with E-state index < -0.39 is 0 Å². The van der Waals surface area contributed by atoms with Crippen LogP contribution in [0.2, 0.25) is 0 Å². The molecule has 5 nitrogen and oxygen atoms in total. The lowest BCUT2D eigenvalue weighted by molar-refractivity contribution is 0.227. The highest BCUT2D eigenvalue weighted by atomic mass is 16.5. The van der Waals surface area contributed by atoms with Crippen LogP contribution in [0.1, 0.15) is 37.5 Å². The van der Waals surface area contributed by atoms with Gasteiger partial charge in [-0.2, -0.15) is 0 Å². The monoisotopic (exact) mass is 287 g/mol. The summed E-state index contributed by atoms with van der Waals surface area (Å²) in [5, 5.41) is 8.17. The lowest BCUT2D eigenvalue weighted by Gasteiger charge is -2.16. The van der Waals surface area contributed by atoms with Gasteiger partial charge >= 0.3 is 0 Å². The van der Waals surface area contributed by atoms with Crippen molar-refractivity contribution in [2.45, 2.75) is 38.8 Å². The standard InChI is InChI=1S/C16H21N3O2/c1-2-7-11-19(10-6-1)12-15-17-18-16(21-15)13-20-14-8-4-3-5-9-14/h3-5,8-9H,1-2,6-7,10-13H2. The van der Waals surface area contributed by atoms with Crippen LogP contribution in [0.3, 0.4) is 0 Å². The average molecular weight is 287 g/mol. The van der Waals surface area contributed by atoms with Crippen LogP contribution in [0, 0.1) is 0 Å². The predicted molar refractivity (Wildman–Crippen MR) is 78.8 cm³/mol. The van der Waals surface area contributed by atoms with E-state index in [1.165, 1.54) is 25.7 Å². The normalized spacial score (nSPS) is 16.6. The molecule has 21 heavy (non-hydrogen) atoms. The van der Waals surface area contributed by atoms with E-state index in [2.05, 4.69) is 15.1 Å². The summed E-state index contributed by atoms with van der Waals surface area (Å²) in [6, 6.07) is 9.66. The summed E-state index contributed by atoms with van der Waals surface area (Å²) in [5.74, 6) is 2.03. The fourth-order valence-electron chi connectivity index (χ4n) is 2.56. The Hall–Kier alpha value is -1.88. The van der Waals surface area contributed by atoms with Crippen LogP contribution in [0.25, 0.3) is 0 Å². The topological polar surface area (TPSA) is 51.4 Å². The van der Waals surface area contributed by atoms with E-state index in [0.29, 0.717) is 18.4 Å². The van der Waals surface area contributed by atoms with Gasteiger partial charge in [0, 0.05) is 0 Å². The minimum atomic E-state index is 0.316. The Kier molecular flexibility index (Phi) is 4.84. The SMILES string of the molecule is c1ccc(OCc2nnc(CN3CCCCCC3)o2)cc1. The maximum Gasteiger partial charge on any atom is 0.253 e. The van der Waals surface area contributed by atoms with Crippen LogP contribution in [-0.4, -0.2) is 28.2 Å². The highest BCUT2D eigenvalue weighted by Crippen LogP contribution is 2.14. The largest absolute Gasteiger partial charge is 0.484 e. The third kappa shape index (κ3) is 4.29. The van der Waals surface area contributed by atoms with Gasteiger partial charge in [-0.05, 0) is 38.1 Å². The van der Waals surface area contributed by atoms with Crippen LogP contribution in [0.15, 0.2) is 34.7 Å². The Morgan fingerprint density at radius 2 is 1.67 bits per heavy atom. The zero-order chi connectivity index (χ0) is 14.3. The quantitative estimate of drug-likeness (QED) is 0.846. The molecular formula is C16H21N3O2. The first-order valence-corrected chi connectivity index (χ1v) is 7.61. The molecule has 1 saturated heterocycles. The van der Waals surface area contributed by atoms with Crippen LogP contribution >= 0.6 is 0 Å². The van der Waals surface area contributed by atoms with Gasteiger partial charge in [0.1, 0.15) is 5.75 Å². The van der Waals surface area contributed by atoms with Gasteiger partial charge in [0.15, 0.2) is 6.61 Å². The molecular weight excluding hydrogens is 266 g/mol. The smallest absolute Gasteiger partial charge is 0.253 e. The van der Waals surface area contributed by atoms with Gasteiger partial charge in [0.05, 0.1) is 6.54 Å². The lowest BCUT2D eigenvalue weighted by Crippen LogP contribution is -2.24. The van der Waals surface area contributed by atoms with E-state index in [1.807, 2.05) is 30.3 Å². The highest BCUT2D eigenvalue weighted by molar-refractivity contribution is 5.20. The molecule has 1 aromatic heterocycles. The van der Waals surface area contributed by atoms with Gasteiger partial charge in [0.2, 0.25) is 5.89 Å². The number of hydrogen-bond donors (Lipinski definition) is 0. The lowest BCUT2D eigenvalue weighted by atomic mass is 10.2. The van der Waals surface area contributed by atoms with Crippen LogP contribution in [-0.2, 0) is 13.2 Å². The van der Waals surface area contributed by atoms with Gasteiger partial charge in [-0.15, -0.1) is 10.2 Å². The fraction of sp³-hybridized carbons (Fsp3) is 0.500. The van der Waals surface area contributed by atoms with Crippen molar-refractivity contribution in [1.82, 2.24) is 15.1 Å². The number of benzene rings is 1. The summed E-state index contributed by atoms with van der Waals surface area (Å²) in [5.41, 5.74) is 0. The number of rotatable bonds is 5. The van der Waals surface area contributed by atoms with Crippen LogP contribution in [0.5, 0.6) is 5.75 Å². The van der Waals surface area contributed by atoms with Crippen LogP contribution in [0.4, 0.5) is 0 Å². The van der Waals surface area contributed by atoms with Crippen LogP contribution < -0.4 is 4.74 Å². The first-order valence-electron chi connectivity index (χ1n) is 7.61. The average Bonchev–Trinajstić information content (AvgIpc) is 2.80. The number of ether oxygens (including phenoxy) is 1. The van der Waals surface area contributed by atoms with E-state index in [1.54, 1.807) is 0 Å². The maximum absolute atomic E-state index is 5.66. The molecule has 0 radical (unpaired) electrons. The molecule has 0 amide bonds. The van der Waals surface area contributed by atoms with E-state index in [9.17, 15) is 0 Å². The molecule has 0 aliphatic carbocycles.